The highest BCUT2D eigenvalue weighted by Crippen LogP contribution is 2.30. The molecule has 3 N–H and O–H groups in total. The summed E-state index contributed by atoms with van der Waals surface area (Å²) in [7, 11) is -2.23. The number of aryl methyl sites for hydroxylation is 1. The smallest absolute Gasteiger partial charge is 0.244 e. The lowest BCUT2D eigenvalue weighted by Crippen LogP contribution is -2.44. The van der Waals surface area contributed by atoms with Crippen LogP contribution >= 0.6 is 0 Å². The number of ether oxygens (including phenoxy) is 1. The molecule has 1 aromatic carbocycles. The van der Waals surface area contributed by atoms with Gasteiger partial charge in [-0.15, -0.1) is 0 Å². The van der Waals surface area contributed by atoms with Crippen LogP contribution in [-0.4, -0.2) is 21.1 Å². The van der Waals surface area contributed by atoms with Crippen LogP contribution < -0.4 is 15.2 Å². The molecule has 20 heavy (non-hydrogen) atoms. The molecule has 0 aliphatic rings. The number of methoxy groups -OCH3 is 1. The number of nitrogen functional groups attached to an aromatic ring is 1. The SMILES string of the molecule is CCC(C)(CC)NS(=O)(=O)c1cc(N)c(C)cc1OC. The Morgan fingerprint density at radius 3 is 2.30 bits per heavy atom. The molecule has 0 aliphatic carbocycles. The van der Waals surface area contributed by atoms with Gasteiger partial charge in [-0.05, 0) is 44.4 Å². The summed E-state index contributed by atoms with van der Waals surface area (Å²) in [6, 6.07) is 3.08. The standard InChI is InChI=1S/C14H24N2O3S/c1-6-14(4,7-2)16-20(17,18)13-9-11(15)10(3)8-12(13)19-5/h8-9,16H,6-7,15H2,1-5H3. The second-order valence-corrected chi connectivity index (χ2v) is 6.88. The summed E-state index contributed by atoms with van der Waals surface area (Å²) in [6.45, 7) is 7.60. The Hall–Kier alpha value is -1.27. The van der Waals surface area contributed by atoms with Gasteiger partial charge in [0.1, 0.15) is 10.6 Å². The molecule has 0 amide bonds. The Bertz CT molecular complexity index is 578. The number of hydrogen-bond acceptors (Lipinski definition) is 4. The van der Waals surface area contributed by atoms with Crippen LogP contribution in [0.4, 0.5) is 5.69 Å². The molecule has 0 atom stereocenters. The minimum atomic E-state index is -3.68. The van der Waals surface area contributed by atoms with E-state index in [0.717, 1.165) is 5.56 Å². The van der Waals surface area contributed by atoms with Gasteiger partial charge in [-0.2, -0.15) is 0 Å². The van der Waals surface area contributed by atoms with Crippen LogP contribution in [0.15, 0.2) is 17.0 Å². The van der Waals surface area contributed by atoms with Gasteiger partial charge in [-0.25, -0.2) is 13.1 Å². The second kappa shape index (κ2) is 6.01. The van der Waals surface area contributed by atoms with E-state index in [1.807, 2.05) is 27.7 Å². The normalized spacial score (nSPS) is 12.4. The lowest BCUT2D eigenvalue weighted by Gasteiger charge is -2.28. The quantitative estimate of drug-likeness (QED) is 0.791. The van der Waals surface area contributed by atoms with E-state index >= 15 is 0 Å². The fraction of sp³-hybridized carbons (Fsp3) is 0.571. The molecule has 5 nitrogen and oxygen atoms in total. The Kier molecular flexibility index (Phi) is 5.05. The van der Waals surface area contributed by atoms with Crippen molar-refractivity contribution in [2.45, 2.75) is 51.0 Å². The van der Waals surface area contributed by atoms with Gasteiger partial charge in [-0.3, -0.25) is 0 Å². The first-order valence-corrected chi connectivity index (χ1v) is 8.15. The molecule has 0 bridgehead atoms. The lowest BCUT2D eigenvalue weighted by molar-refractivity contribution is 0.382. The molecule has 1 rings (SSSR count). The summed E-state index contributed by atoms with van der Waals surface area (Å²) in [5, 5.41) is 0. The van der Waals surface area contributed by atoms with Gasteiger partial charge in [-0.1, -0.05) is 13.8 Å². The van der Waals surface area contributed by atoms with Gasteiger partial charge in [0.2, 0.25) is 10.0 Å². The fourth-order valence-electron chi connectivity index (χ4n) is 1.82. The number of anilines is 1. The van der Waals surface area contributed by atoms with Gasteiger partial charge in [0, 0.05) is 11.2 Å². The van der Waals surface area contributed by atoms with Gasteiger partial charge < -0.3 is 10.5 Å². The van der Waals surface area contributed by atoms with Gasteiger partial charge in [0.15, 0.2) is 0 Å². The number of nitrogens with one attached hydrogen (secondary N) is 1. The van der Waals surface area contributed by atoms with E-state index < -0.39 is 15.6 Å². The van der Waals surface area contributed by atoms with Crippen molar-refractivity contribution in [2.75, 3.05) is 12.8 Å². The Labute approximate surface area is 121 Å². The molecule has 0 aromatic heterocycles. The molecule has 0 aliphatic heterocycles. The minimum Gasteiger partial charge on any atom is -0.495 e. The summed E-state index contributed by atoms with van der Waals surface area (Å²) >= 11 is 0. The zero-order valence-electron chi connectivity index (χ0n) is 12.8. The molecular formula is C14H24N2O3S. The first kappa shape index (κ1) is 16.8. The maximum absolute atomic E-state index is 12.6. The van der Waals surface area contributed by atoms with Crippen molar-refractivity contribution in [3.63, 3.8) is 0 Å². The molecule has 6 heteroatoms. The monoisotopic (exact) mass is 300 g/mol. The lowest BCUT2D eigenvalue weighted by atomic mass is 9.98. The summed E-state index contributed by atoms with van der Waals surface area (Å²) < 4.78 is 33.0. The van der Waals surface area contributed by atoms with Crippen LogP contribution in [0.3, 0.4) is 0 Å². The van der Waals surface area contributed by atoms with Crippen LogP contribution in [0.1, 0.15) is 39.2 Å². The van der Waals surface area contributed by atoms with Gasteiger partial charge in [0.25, 0.3) is 0 Å². The number of sulfonamides is 1. The topological polar surface area (TPSA) is 81.4 Å². The third-order valence-electron chi connectivity index (χ3n) is 3.78. The second-order valence-electron chi connectivity index (χ2n) is 5.23. The summed E-state index contributed by atoms with van der Waals surface area (Å²) in [6.07, 6.45) is 1.40. The van der Waals surface area contributed by atoms with Gasteiger partial charge >= 0.3 is 0 Å². The zero-order valence-corrected chi connectivity index (χ0v) is 13.6. The first-order chi connectivity index (χ1) is 9.19. The average Bonchev–Trinajstić information content (AvgIpc) is 2.40. The van der Waals surface area contributed by atoms with E-state index in [1.165, 1.54) is 13.2 Å². The van der Waals surface area contributed by atoms with Crippen LogP contribution in [-0.2, 0) is 10.0 Å². The van der Waals surface area contributed by atoms with Crippen LogP contribution in [0.2, 0.25) is 0 Å². The van der Waals surface area contributed by atoms with Crippen molar-refractivity contribution in [2.24, 2.45) is 0 Å². The minimum absolute atomic E-state index is 0.0798. The van der Waals surface area contributed by atoms with Crippen molar-refractivity contribution < 1.29 is 13.2 Å². The maximum atomic E-state index is 12.6. The van der Waals surface area contributed by atoms with E-state index in [4.69, 9.17) is 10.5 Å². The van der Waals surface area contributed by atoms with Crippen molar-refractivity contribution in [3.8, 4) is 5.75 Å². The molecule has 0 heterocycles. The van der Waals surface area contributed by atoms with E-state index in [9.17, 15) is 8.42 Å². The molecule has 0 saturated carbocycles. The van der Waals surface area contributed by atoms with Crippen molar-refractivity contribution in [1.82, 2.24) is 4.72 Å². The number of rotatable bonds is 6. The average molecular weight is 300 g/mol. The zero-order chi connectivity index (χ0) is 15.6. The molecule has 0 unspecified atom stereocenters. The van der Waals surface area contributed by atoms with Crippen molar-refractivity contribution >= 4 is 15.7 Å². The summed E-state index contributed by atoms with van der Waals surface area (Å²) in [4.78, 5) is 0.0798. The highest BCUT2D eigenvalue weighted by molar-refractivity contribution is 7.89. The fourth-order valence-corrected chi connectivity index (χ4v) is 3.56. The summed E-state index contributed by atoms with van der Waals surface area (Å²) in [5.74, 6) is 0.304. The Morgan fingerprint density at radius 1 is 1.30 bits per heavy atom. The van der Waals surface area contributed by atoms with Crippen LogP contribution in [0, 0.1) is 6.92 Å². The Morgan fingerprint density at radius 2 is 1.85 bits per heavy atom. The molecule has 114 valence electrons. The third kappa shape index (κ3) is 3.43. The molecule has 1 aromatic rings. The molecule has 0 radical (unpaired) electrons. The van der Waals surface area contributed by atoms with Gasteiger partial charge in [0.05, 0.1) is 7.11 Å². The van der Waals surface area contributed by atoms with E-state index in [2.05, 4.69) is 4.72 Å². The van der Waals surface area contributed by atoms with Crippen LogP contribution in [0.5, 0.6) is 5.75 Å². The third-order valence-corrected chi connectivity index (χ3v) is 5.44. The van der Waals surface area contributed by atoms with Crippen molar-refractivity contribution in [3.05, 3.63) is 17.7 Å². The number of nitrogens with two attached hydrogens (primary N) is 1. The number of benzene rings is 1. The Balaban J connectivity index is 3.32. The summed E-state index contributed by atoms with van der Waals surface area (Å²) in [5.41, 5.74) is 6.56. The highest BCUT2D eigenvalue weighted by atomic mass is 32.2. The largest absolute Gasteiger partial charge is 0.495 e. The molecule has 0 fully saturated rings. The van der Waals surface area contributed by atoms with E-state index in [0.29, 0.717) is 24.3 Å². The number of hydrogen-bond donors (Lipinski definition) is 2. The highest BCUT2D eigenvalue weighted by Gasteiger charge is 2.29. The first-order valence-electron chi connectivity index (χ1n) is 6.67. The van der Waals surface area contributed by atoms with Crippen LogP contribution in [0.25, 0.3) is 0 Å². The van der Waals surface area contributed by atoms with Crippen molar-refractivity contribution in [1.29, 1.82) is 0 Å². The predicted octanol–water partition coefficient (Wildman–Crippen LogP) is 2.44. The van der Waals surface area contributed by atoms with E-state index in [-0.39, 0.29) is 4.90 Å². The molecular weight excluding hydrogens is 276 g/mol. The molecule has 0 saturated heterocycles. The maximum Gasteiger partial charge on any atom is 0.244 e. The van der Waals surface area contributed by atoms with E-state index in [1.54, 1.807) is 6.07 Å². The predicted molar refractivity (Wildman–Crippen MR) is 81.5 cm³/mol. The molecule has 0 spiro atoms.